The normalized spacial score (nSPS) is 14.4. The molecule has 3 rings (SSSR count). The predicted molar refractivity (Wildman–Crippen MR) is 121 cm³/mol. The van der Waals surface area contributed by atoms with Crippen LogP contribution in [0, 0.1) is 5.82 Å². The summed E-state index contributed by atoms with van der Waals surface area (Å²) in [6.45, 7) is 5.85. The molecule has 31 heavy (non-hydrogen) atoms. The molecule has 0 spiro atoms. The van der Waals surface area contributed by atoms with Gasteiger partial charge in [-0.2, -0.15) is 0 Å². The van der Waals surface area contributed by atoms with Crippen LogP contribution in [0.15, 0.2) is 47.4 Å². The van der Waals surface area contributed by atoms with E-state index in [1.807, 2.05) is 0 Å². The van der Waals surface area contributed by atoms with E-state index in [-0.39, 0.29) is 16.5 Å². The second-order valence-corrected chi connectivity index (χ2v) is 9.29. The van der Waals surface area contributed by atoms with Crippen LogP contribution in [0.25, 0.3) is 0 Å². The molecule has 0 atom stereocenters. The van der Waals surface area contributed by atoms with Crippen LogP contribution in [0.2, 0.25) is 0 Å². The molecule has 1 heterocycles. The van der Waals surface area contributed by atoms with Crippen molar-refractivity contribution in [2.24, 2.45) is 0 Å². The number of carbonyl (C=O) groups excluding carboxylic acids is 1. The molecule has 1 aliphatic heterocycles. The number of hydrogen-bond acceptors (Lipinski definition) is 5. The summed E-state index contributed by atoms with van der Waals surface area (Å²) < 4.78 is 41.1. The highest BCUT2D eigenvalue weighted by molar-refractivity contribution is 7.92. The van der Waals surface area contributed by atoms with E-state index in [4.69, 9.17) is 0 Å². The molecule has 1 saturated heterocycles. The highest BCUT2D eigenvalue weighted by Crippen LogP contribution is 2.27. The number of sulfonamides is 1. The first kappa shape index (κ1) is 23.0. The van der Waals surface area contributed by atoms with Gasteiger partial charge in [0, 0.05) is 51.1 Å². The lowest BCUT2D eigenvalue weighted by Crippen LogP contribution is -2.44. The molecule has 1 fully saturated rings. The standard InChI is InChI=1S/C22H29FN4O3S/c1-3-4-13-26(2)22(28)20-16-18(7-10-21(20)27-14-11-24-12-15-27)25-31(29,30)19-8-5-17(23)6-9-19/h5-10,16,24-25H,3-4,11-15H2,1-2H3. The summed E-state index contributed by atoms with van der Waals surface area (Å²) in [5.41, 5.74) is 1.54. The van der Waals surface area contributed by atoms with E-state index in [0.717, 1.165) is 56.8 Å². The highest BCUT2D eigenvalue weighted by Gasteiger charge is 2.23. The second kappa shape index (κ2) is 10.1. The largest absolute Gasteiger partial charge is 0.368 e. The molecule has 0 unspecified atom stereocenters. The molecule has 0 aliphatic carbocycles. The first-order chi connectivity index (χ1) is 14.8. The van der Waals surface area contributed by atoms with Gasteiger partial charge in [-0.25, -0.2) is 12.8 Å². The van der Waals surface area contributed by atoms with Gasteiger partial charge in [0.1, 0.15) is 5.82 Å². The summed E-state index contributed by atoms with van der Waals surface area (Å²) in [5, 5.41) is 3.29. The minimum atomic E-state index is -3.91. The van der Waals surface area contributed by atoms with Gasteiger partial charge in [-0.1, -0.05) is 13.3 Å². The van der Waals surface area contributed by atoms with Crippen molar-refractivity contribution < 1.29 is 17.6 Å². The van der Waals surface area contributed by atoms with Crippen LogP contribution in [-0.4, -0.2) is 59.0 Å². The van der Waals surface area contributed by atoms with Crippen molar-refractivity contribution in [1.29, 1.82) is 0 Å². The molecule has 7 nitrogen and oxygen atoms in total. The van der Waals surface area contributed by atoms with Crippen molar-refractivity contribution >= 4 is 27.3 Å². The topological polar surface area (TPSA) is 81.8 Å². The van der Waals surface area contributed by atoms with Crippen LogP contribution < -0.4 is 14.9 Å². The Morgan fingerprint density at radius 3 is 2.48 bits per heavy atom. The van der Waals surface area contributed by atoms with Gasteiger partial charge in [0.2, 0.25) is 0 Å². The van der Waals surface area contributed by atoms with Crippen LogP contribution in [0.4, 0.5) is 15.8 Å². The van der Waals surface area contributed by atoms with Gasteiger partial charge < -0.3 is 15.1 Å². The first-order valence-electron chi connectivity index (χ1n) is 10.5. The second-order valence-electron chi connectivity index (χ2n) is 7.61. The molecule has 0 bridgehead atoms. The third-order valence-electron chi connectivity index (χ3n) is 5.25. The highest BCUT2D eigenvalue weighted by atomic mass is 32.2. The zero-order valence-corrected chi connectivity index (χ0v) is 18.7. The Morgan fingerprint density at radius 2 is 1.84 bits per heavy atom. The van der Waals surface area contributed by atoms with Gasteiger partial charge in [-0.05, 0) is 48.9 Å². The third-order valence-corrected chi connectivity index (χ3v) is 6.65. The molecule has 1 amide bonds. The van der Waals surface area contributed by atoms with Gasteiger partial charge in [-0.15, -0.1) is 0 Å². The van der Waals surface area contributed by atoms with Crippen molar-refractivity contribution in [2.75, 3.05) is 49.4 Å². The van der Waals surface area contributed by atoms with Crippen LogP contribution in [0.1, 0.15) is 30.1 Å². The molecular formula is C22H29FN4O3S. The Kier molecular flexibility index (Phi) is 7.50. The smallest absolute Gasteiger partial charge is 0.261 e. The lowest BCUT2D eigenvalue weighted by molar-refractivity contribution is 0.0794. The van der Waals surface area contributed by atoms with Crippen molar-refractivity contribution in [3.8, 4) is 0 Å². The fraction of sp³-hybridized carbons (Fsp3) is 0.409. The fourth-order valence-electron chi connectivity index (χ4n) is 3.48. The minimum Gasteiger partial charge on any atom is -0.368 e. The number of nitrogens with zero attached hydrogens (tertiary/aromatic N) is 2. The van der Waals surface area contributed by atoms with Gasteiger partial charge in [0.05, 0.1) is 10.5 Å². The summed E-state index contributed by atoms with van der Waals surface area (Å²) in [6.07, 6.45) is 1.86. The van der Waals surface area contributed by atoms with Crippen LogP contribution >= 0.6 is 0 Å². The summed E-state index contributed by atoms with van der Waals surface area (Å²) in [7, 11) is -2.15. The Balaban J connectivity index is 1.93. The SMILES string of the molecule is CCCCN(C)C(=O)c1cc(NS(=O)(=O)c2ccc(F)cc2)ccc1N1CCNCC1. The average Bonchev–Trinajstić information content (AvgIpc) is 2.77. The summed E-state index contributed by atoms with van der Waals surface area (Å²) in [6, 6.07) is 9.63. The van der Waals surface area contributed by atoms with Gasteiger partial charge in [0.25, 0.3) is 15.9 Å². The van der Waals surface area contributed by atoms with Crippen LogP contribution in [0.3, 0.4) is 0 Å². The summed E-state index contributed by atoms with van der Waals surface area (Å²) in [5.74, 6) is -0.660. The van der Waals surface area contributed by atoms with E-state index in [1.165, 1.54) is 12.1 Å². The monoisotopic (exact) mass is 448 g/mol. The van der Waals surface area contributed by atoms with Gasteiger partial charge in [-0.3, -0.25) is 9.52 Å². The number of carbonyl (C=O) groups is 1. The van der Waals surface area contributed by atoms with Gasteiger partial charge in [0.15, 0.2) is 0 Å². The van der Waals surface area contributed by atoms with Crippen molar-refractivity contribution in [3.05, 3.63) is 53.8 Å². The number of benzene rings is 2. The lowest BCUT2D eigenvalue weighted by atomic mass is 10.1. The van der Waals surface area contributed by atoms with Crippen molar-refractivity contribution in [2.45, 2.75) is 24.7 Å². The number of halogens is 1. The average molecular weight is 449 g/mol. The van der Waals surface area contributed by atoms with E-state index < -0.39 is 15.8 Å². The number of nitrogens with one attached hydrogen (secondary N) is 2. The molecule has 2 N–H and O–H groups in total. The number of unbranched alkanes of at least 4 members (excludes halogenated alkanes) is 1. The van der Waals surface area contributed by atoms with E-state index in [1.54, 1.807) is 30.1 Å². The summed E-state index contributed by atoms with van der Waals surface area (Å²) >= 11 is 0. The molecule has 168 valence electrons. The van der Waals surface area contributed by atoms with Crippen molar-refractivity contribution in [3.63, 3.8) is 0 Å². The Hall–Kier alpha value is -2.65. The Labute approximate surface area is 183 Å². The van der Waals surface area contributed by atoms with E-state index in [0.29, 0.717) is 12.1 Å². The quantitative estimate of drug-likeness (QED) is 0.649. The van der Waals surface area contributed by atoms with E-state index in [2.05, 4.69) is 21.9 Å². The fourth-order valence-corrected chi connectivity index (χ4v) is 4.53. The number of rotatable bonds is 8. The summed E-state index contributed by atoms with van der Waals surface area (Å²) in [4.78, 5) is 17.0. The number of piperazine rings is 1. The molecule has 2 aromatic rings. The number of anilines is 2. The third kappa shape index (κ3) is 5.74. The van der Waals surface area contributed by atoms with E-state index >= 15 is 0 Å². The maximum Gasteiger partial charge on any atom is 0.261 e. The van der Waals surface area contributed by atoms with Crippen LogP contribution in [0.5, 0.6) is 0 Å². The predicted octanol–water partition coefficient (Wildman–Crippen LogP) is 2.91. The number of amides is 1. The maximum atomic E-state index is 13.2. The van der Waals surface area contributed by atoms with Crippen LogP contribution in [-0.2, 0) is 10.0 Å². The molecule has 0 radical (unpaired) electrons. The van der Waals surface area contributed by atoms with Crippen molar-refractivity contribution in [1.82, 2.24) is 10.2 Å². The molecule has 9 heteroatoms. The number of hydrogen-bond donors (Lipinski definition) is 2. The molecule has 2 aromatic carbocycles. The van der Waals surface area contributed by atoms with Gasteiger partial charge >= 0.3 is 0 Å². The lowest BCUT2D eigenvalue weighted by Gasteiger charge is -2.32. The zero-order chi connectivity index (χ0) is 22.4. The maximum absolute atomic E-state index is 13.2. The Morgan fingerprint density at radius 1 is 1.16 bits per heavy atom. The Bertz CT molecular complexity index is 1010. The molecule has 1 aliphatic rings. The van der Waals surface area contributed by atoms with E-state index in [9.17, 15) is 17.6 Å². The molecule has 0 saturated carbocycles. The first-order valence-corrected chi connectivity index (χ1v) is 11.9. The minimum absolute atomic E-state index is 0.0481. The molecule has 0 aromatic heterocycles. The molecular weight excluding hydrogens is 419 g/mol. The zero-order valence-electron chi connectivity index (χ0n) is 17.9.